The van der Waals surface area contributed by atoms with E-state index in [1.54, 1.807) is 25.6 Å². The van der Waals surface area contributed by atoms with E-state index in [1.807, 2.05) is 32.0 Å². The second-order valence-electron chi connectivity index (χ2n) is 6.15. The summed E-state index contributed by atoms with van der Waals surface area (Å²) in [6.45, 7) is 8.78. The number of ether oxygens (including phenoxy) is 2. The van der Waals surface area contributed by atoms with Crippen LogP contribution in [-0.4, -0.2) is 41.2 Å². The standard InChI is InChI=1S/C20H27N3O4/c1-6-26-16-9-8-15(12-17(16)27-7-2)10-11-21-20(25)19(24)18-13(3)22-23(5)14(18)4/h8-9,12H,6-7,10-11H2,1-5H3,(H,21,25). The molecular formula is C20H27N3O4. The molecule has 2 rings (SSSR count). The predicted molar refractivity (Wildman–Crippen MR) is 103 cm³/mol. The number of amides is 1. The Morgan fingerprint density at radius 1 is 1.11 bits per heavy atom. The van der Waals surface area contributed by atoms with Crippen LogP contribution in [0.5, 0.6) is 11.5 Å². The normalized spacial score (nSPS) is 10.6. The lowest BCUT2D eigenvalue weighted by molar-refractivity contribution is -0.116. The minimum absolute atomic E-state index is 0.350. The summed E-state index contributed by atoms with van der Waals surface area (Å²) in [4.78, 5) is 24.6. The average Bonchev–Trinajstić information content (AvgIpc) is 2.89. The molecule has 0 aliphatic carbocycles. The first-order valence-corrected chi connectivity index (χ1v) is 9.10. The van der Waals surface area contributed by atoms with Crippen molar-refractivity contribution in [1.29, 1.82) is 0 Å². The number of nitrogens with zero attached hydrogens (tertiary/aromatic N) is 2. The molecule has 7 heteroatoms. The van der Waals surface area contributed by atoms with Crippen LogP contribution in [0.25, 0.3) is 0 Å². The van der Waals surface area contributed by atoms with Gasteiger partial charge < -0.3 is 14.8 Å². The van der Waals surface area contributed by atoms with Crippen molar-refractivity contribution in [3.05, 3.63) is 40.7 Å². The molecule has 0 radical (unpaired) electrons. The number of nitrogens with one attached hydrogen (secondary N) is 1. The van der Waals surface area contributed by atoms with Crippen LogP contribution in [0, 0.1) is 13.8 Å². The number of ketones is 1. The third-order valence-corrected chi connectivity index (χ3v) is 4.25. The van der Waals surface area contributed by atoms with E-state index in [0.29, 0.717) is 54.6 Å². The Labute approximate surface area is 159 Å². The Balaban J connectivity index is 1.98. The zero-order chi connectivity index (χ0) is 20.0. The zero-order valence-electron chi connectivity index (χ0n) is 16.6. The molecule has 0 saturated heterocycles. The van der Waals surface area contributed by atoms with Crippen LogP contribution in [0.1, 0.15) is 41.2 Å². The molecule has 0 atom stereocenters. The molecule has 0 fully saturated rings. The van der Waals surface area contributed by atoms with Crippen LogP contribution in [-0.2, 0) is 18.3 Å². The Bertz CT molecular complexity index is 827. The molecule has 0 unspecified atom stereocenters. The van der Waals surface area contributed by atoms with Crippen molar-refractivity contribution in [1.82, 2.24) is 15.1 Å². The van der Waals surface area contributed by atoms with Crippen molar-refractivity contribution in [3.63, 3.8) is 0 Å². The molecule has 1 N–H and O–H groups in total. The highest BCUT2D eigenvalue weighted by molar-refractivity contribution is 6.43. The molecule has 0 aliphatic rings. The van der Waals surface area contributed by atoms with E-state index in [-0.39, 0.29) is 0 Å². The largest absolute Gasteiger partial charge is 0.490 e. The van der Waals surface area contributed by atoms with Crippen LogP contribution in [0.15, 0.2) is 18.2 Å². The Hall–Kier alpha value is -2.83. The molecule has 0 spiro atoms. The quantitative estimate of drug-likeness (QED) is 0.539. The van der Waals surface area contributed by atoms with Gasteiger partial charge in [0.1, 0.15) is 0 Å². The molecule has 1 heterocycles. The van der Waals surface area contributed by atoms with Gasteiger partial charge in [0.25, 0.3) is 11.7 Å². The minimum Gasteiger partial charge on any atom is -0.490 e. The molecule has 1 amide bonds. The van der Waals surface area contributed by atoms with Crippen molar-refractivity contribution >= 4 is 11.7 Å². The summed E-state index contributed by atoms with van der Waals surface area (Å²) in [7, 11) is 1.75. The maximum atomic E-state index is 12.4. The van der Waals surface area contributed by atoms with E-state index in [9.17, 15) is 9.59 Å². The van der Waals surface area contributed by atoms with Crippen LogP contribution < -0.4 is 14.8 Å². The van der Waals surface area contributed by atoms with Gasteiger partial charge >= 0.3 is 0 Å². The first-order valence-electron chi connectivity index (χ1n) is 9.10. The van der Waals surface area contributed by atoms with E-state index >= 15 is 0 Å². The van der Waals surface area contributed by atoms with E-state index < -0.39 is 11.7 Å². The molecule has 7 nitrogen and oxygen atoms in total. The third-order valence-electron chi connectivity index (χ3n) is 4.25. The van der Waals surface area contributed by atoms with Gasteiger partial charge in [-0.05, 0) is 51.8 Å². The smallest absolute Gasteiger partial charge is 0.292 e. The summed E-state index contributed by atoms with van der Waals surface area (Å²) in [5.41, 5.74) is 2.60. The fraction of sp³-hybridized carbons (Fsp3) is 0.450. The lowest BCUT2D eigenvalue weighted by Crippen LogP contribution is -2.33. The third kappa shape index (κ3) is 4.87. The maximum Gasteiger partial charge on any atom is 0.292 e. The number of aromatic nitrogens is 2. The van der Waals surface area contributed by atoms with Crippen LogP contribution in [0.3, 0.4) is 0 Å². The highest BCUT2D eigenvalue weighted by Gasteiger charge is 2.23. The van der Waals surface area contributed by atoms with Gasteiger partial charge in [-0.15, -0.1) is 0 Å². The number of Topliss-reactive ketones (excluding diaryl/α,β-unsaturated/α-hetero) is 1. The van der Waals surface area contributed by atoms with Gasteiger partial charge in [-0.1, -0.05) is 6.07 Å². The van der Waals surface area contributed by atoms with Crippen LogP contribution >= 0.6 is 0 Å². The van der Waals surface area contributed by atoms with Gasteiger partial charge in [-0.25, -0.2) is 0 Å². The molecule has 1 aromatic carbocycles. The van der Waals surface area contributed by atoms with E-state index in [1.165, 1.54) is 0 Å². The SMILES string of the molecule is CCOc1ccc(CCNC(=O)C(=O)c2c(C)nn(C)c2C)cc1OCC. The first-order chi connectivity index (χ1) is 12.9. The van der Waals surface area contributed by atoms with E-state index in [4.69, 9.17) is 9.47 Å². The molecule has 27 heavy (non-hydrogen) atoms. The summed E-state index contributed by atoms with van der Waals surface area (Å²) in [5.74, 6) is 0.204. The number of hydrogen-bond donors (Lipinski definition) is 1. The number of benzene rings is 1. The number of rotatable bonds is 9. The van der Waals surface area contributed by atoms with Crippen molar-refractivity contribution in [3.8, 4) is 11.5 Å². The van der Waals surface area contributed by atoms with Gasteiger partial charge in [-0.2, -0.15) is 5.10 Å². The maximum absolute atomic E-state index is 12.4. The molecule has 0 bridgehead atoms. The lowest BCUT2D eigenvalue weighted by atomic mass is 10.1. The highest BCUT2D eigenvalue weighted by Crippen LogP contribution is 2.28. The summed E-state index contributed by atoms with van der Waals surface area (Å²) < 4.78 is 12.8. The Morgan fingerprint density at radius 2 is 1.78 bits per heavy atom. The van der Waals surface area contributed by atoms with Crippen molar-refractivity contribution in [2.45, 2.75) is 34.1 Å². The fourth-order valence-electron chi connectivity index (χ4n) is 2.87. The number of carbonyl (C=O) groups is 2. The topological polar surface area (TPSA) is 82.5 Å². The van der Waals surface area contributed by atoms with Crippen molar-refractivity contribution < 1.29 is 19.1 Å². The van der Waals surface area contributed by atoms with Gasteiger partial charge in [0.2, 0.25) is 0 Å². The molecule has 2 aromatic rings. The van der Waals surface area contributed by atoms with Crippen molar-refractivity contribution in [2.75, 3.05) is 19.8 Å². The van der Waals surface area contributed by atoms with Crippen LogP contribution in [0.4, 0.5) is 0 Å². The Morgan fingerprint density at radius 3 is 2.37 bits per heavy atom. The summed E-state index contributed by atoms with van der Waals surface area (Å²) in [5, 5.41) is 6.87. The first kappa shape index (κ1) is 20.5. The highest BCUT2D eigenvalue weighted by atomic mass is 16.5. The Kier molecular flexibility index (Phi) is 6.98. The molecule has 0 aliphatic heterocycles. The second-order valence-corrected chi connectivity index (χ2v) is 6.15. The second kappa shape index (κ2) is 9.21. The van der Waals surface area contributed by atoms with Crippen molar-refractivity contribution in [2.24, 2.45) is 7.05 Å². The monoisotopic (exact) mass is 373 g/mol. The van der Waals surface area contributed by atoms with E-state index in [2.05, 4.69) is 10.4 Å². The number of aryl methyl sites for hydroxylation is 2. The summed E-state index contributed by atoms with van der Waals surface area (Å²) in [6, 6.07) is 5.69. The average molecular weight is 373 g/mol. The lowest BCUT2D eigenvalue weighted by Gasteiger charge is -2.12. The van der Waals surface area contributed by atoms with Gasteiger partial charge in [0.05, 0.1) is 24.5 Å². The number of carbonyl (C=O) groups excluding carboxylic acids is 2. The molecular weight excluding hydrogens is 346 g/mol. The number of hydrogen-bond acceptors (Lipinski definition) is 5. The van der Waals surface area contributed by atoms with Crippen LogP contribution in [0.2, 0.25) is 0 Å². The summed E-state index contributed by atoms with van der Waals surface area (Å²) in [6.07, 6.45) is 0.580. The predicted octanol–water partition coefficient (Wildman–Crippen LogP) is 2.38. The van der Waals surface area contributed by atoms with E-state index in [0.717, 1.165) is 5.56 Å². The zero-order valence-corrected chi connectivity index (χ0v) is 16.6. The fourth-order valence-corrected chi connectivity index (χ4v) is 2.87. The molecule has 0 saturated carbocycles. The van der Waals surface area contributed by atoms with Gasteiger partial charge in [0.15, 0.2) is 11.5 Å². The molecule has 1 aromatic heterocycles. The van der Waals surface area contributed by atoms with Gasteiger partial charge in [-0.3, -0.25) is 14.3 Å². The molecule has 146 valence electrons. The minimum atomic E-state index is -0.620. The summed E-state index contributed by atoms with van der Waals surface area (Å²) >= 11 is 0. The van der Waals surface area contributed by atoms with Gasteiger partial charge in [0, 0.05) is 19.3 Å².